The Morgan fingerprint density at radius 1 is 0.500 bits per heavy atom. The minimum atomic E-state index is 0.606. The summed E-state index contributed by atoms with van der Waals surface area (Å²) in [6, 6.07) is 0. The molecule has 162 valence electrons. The highest BCUT2D eigenvalue weighted by atomic mass is 16.6. The summed E-state index contributed by atoms with van der Waals surface area (Å²) in [6.07, 6.45) is 16.2. The van der Waals surface area contributed by atoms with Crippen LogP contribution < -0.4 is 0 Å². The summed E-state index contributed by atoms with van der Waals surface area (Å²) in [5.41, 5.74) is 0. The van der Waals surface area contributed by atoms with Crippen LogP contribution in [0.4, 0.5) is 0 Å². The molecule has 6 atom stereocenters. The second-order valence-corrected chi connectivity index (χ2v) is 9.26. The maximum Gasteiger partial charge on any atom is 0.0844 e. The molecular formula is C23H40O5. The Morgan fingerprint density at radius 3 is 1.46 bits per heavy atom. The van der Waals surface area contributed by atoms with Crippen LogP contribution in [0.5, 0.6) is 0 Å². The zero-order valence-corrected chi connectivity index (χ0v) is 17.5. The van der Waals surface area contributed by atoms with Crippen molar-refractivity contribution in [3.63, 3.8) is 0 Å². The van der Waals surface area contributed by atoms with Gasteiger partial charge in [-0.3, -0.25) is 0 Å². The maximum absolute atomic E-state index is 5.74. The largest absolute Gasteiger partial charge is 0.381 e. The molecule has 0 spiro atoms. The number of rotatable bonds is 15. The summed E-state index contributed by atoms with van der Waals surface area (Å²) in [7, 11) is 0. The lowest BCUT2D eigenvalue weighted by Crippen LogP contribution is -2.14. The van der Waals surface area contributed by atoms with Gasteiger partial charge in [-0.05, 0) is 82.5 Å². The summed E-state index contributed by atoms with van der Waals surface area (Å²) in [5.74, 6) is 1.74. The van der Waals surface area contributed by atoms with E-state index in [9.17, 15) is 0 Å². The van der Waals surface area contributed by atoms with E-state index in [1.165, 1.54) is 64.2 Å². The Morgan fingerprint density at radius 2 is 0.964 bits per heavy atom. The molecule has 28 heavy (non-hydrogen) atoms. The molecule has 2 saturated heterocycles. The van der Waals surface area contributed by atoms with Gasteiger partial charge in [0, 0.05) is 26.4 Å². The van der Waals surface area contributed by atoms with E-state index in [4.69, 9.17) is 23.7 Å². The van der Waals surface area contributed by atoms with Gasteiger partial charge in [0.1, 0.15) is 0 Å². The second kappa shape index (κ2) is 11.3. The van der Waals surface area contributed by atoms with Crippen molar-refractivity contribution in [3.05, 3.63) is 0 Å². The molecule has 4 rings (SSSR count). The van der Waals surface area contributed by atoms with Gasteiger partial charge in [0.15, 0.2) is 0 Å². The third-order valence-corrected chi connectivity index (χ3v) is 6.98. The van der Waals surface area contributed by atoms with E-state index >= 15 is 0 Å². The molecular weight excluding hydrogens is 356 g/mol. The summed E-state index contributed by atoms with van der Waals surface area (Å²) >= 11 is 0. The van der Waals surface area contributed by atoms with Crippen LogP contribution in [0, 0.1) is 11.8 Å². The van der Waals surface area contributed by atoms with Gasteiger partial charge in [-0.25, -0.2) is 0 Å². The standard InChI is InChI=1S/C23H40O5/c1(4-18-6-8-20-22(16-18)27-20)10-24-12-3-13-26-15-14-25-11-2-5-19-7-9-21-23(17-19)28-21/h18-23H,1-17H2. The van der Waals surface area contributed by atoms with E-state index in [0.717, 1.165) is 44.7 Å². The average molecular weight is 397 g/mol. The van der Waals surface area contributed by atoms with Gasteiger partial charge in [-0.1, -0.05) is 0 Å². The fourth-order valence-corrected chi connectivity index (χ4v) is 5.13. The number of hydrogen-bond acceptors (Lipinski definition) is 5. The highest BCUT2D eigenvalue weighted by Crippen LogP contribution is 2.41. The predicted molar refractivity (Wildman–Crippen MR) is 108 cm³/mol. The first-order valence-corrected chi connectivity index (χ1v) is 11.9. The van der Waals surface area contributed by atoms with Gasteiger partial charge in [-0.2, -0.15) is 0 Å². The molecule has 0 aromatic heterocycles. The topological polar surface area (TPSA) is 52.8 Å². The molecule has 5 nitrogen and oxygen atoms in total. The molecule has 4 aliphatic rings. The Balaban J connectivity index is 0.844. The van der Waals surface area contributed by atoms with E-state index < -0.39 is 0 Å². The Hall–Kier alpha value is -0.200. The molecule has 0 amide bonds. The molecule has 0 radical (unpaired) electrons. The second-order valence-electron chi connectivity index (χ2n) is 9.26. The van der Waals surface area contributed by atoms with Crippen LogP contribution in [0.15, 0.2) is 0 Å². The predicted octanol–water partition coefficient (Wildman–Crippen LogP) is 4.12. The summed E-state index contributed by atoms with van der Waals surface area (Å²) < 4.78 is 28.3. The third-order valence-electron chi connectivity index (χ3n) is 6.98. The number of hydrogen-bond donors (Lipinski definition) is 0. The van der Waals surface area contributed by atoms with Gasteiger partial charge < -0.3 is 23.7 Å². The smallest absolute Gasteiger partial charge is 0.0844 e. The molecule has 2 aliphatic carbocycles. The molecule has 2 aliphatic heterocycles. The van der Waals surface area contributed by atoms with Crippen LogP contribution in [0.2, 0.25) is 0 Å². The van der Waals surface area contributed by atoms with Gasteiger partial charge in [0.2, 0.25) is 0 Å². The van der Waals surface area contributed by atoms with Gasteiger partial charge in [-0.15, -0.1) is 0 Å². The van der Waals surface area contributed by atoms with E-state index in [-0.39, 0.29) is 0 Å². The molecule has 0 aromatic carbocycles. The van der Waals surface area contributed by atoms with Crippen molar-refractivity contribution < 1.29 is 23.7 Å². The maximum atomic E-state index is 5.74. The van der Waals surface area contributed by atoms with Crippen molar-refractivity contribution in [3.8, 4) is 0 Å². The van der Waals surface area contributed by atoms with Crippen LogP contribution >= 0.6 is 0 Å². The third kappa shape index (κ3) is 7.24. The molecule has 6 unspecified atom stereocenters. The summed E-state index contributed by atoms with van der Waals surface area (Å²) in [4.78, 5) is 0. The quantitative estimate of drug-likeness (QED) is 0.308. The van der Waals surface area contributed by atoms with E-state index in [1.54, 1.807) is 0 Å². The SMILES string of the molecule is C(COCCCC1CCC2OC2C1)COCCOCCCC1CCC2OC2C1. The zero-order valence-electron chi connectivity index (χ0n) is 17.5. The molecule has 2 saturated carbocycles. The van der Waals surface area contributed by atoms with Gasteiger partial charge >= 0.3 is 0 Å². The zero-order chi connectivity index (χ0) is 19.0. The van der Waals surface area contributed by atoms with E-state index in [1.807, 2.05) is 0 Å². The molecule has 5 heteroatoms. The Kier molecular flexibility index (Phi) is 8.47. The Bertz CT molecular complexity index is 405. The lowest BCUT2D eigenvalue weighted by molar-refractivity contribution is 0.0331. The van der Waals surface area contributed by atoms with E-state index in [0.29, 0.717) is 37.6 Å². The van der Waals surface area contributed by atoms with Crippen LogP contribution in [-0.4, -0.2) is 64.1 Å². The molecule has 0 N–H and O–H groups in total. The molecule has 4 fully saturated rings. The monoisotopic (exact) mass is 396 g/mol. The first-order chi connectivity index (χ1) is 13.9. The molecule has 2 heterocycles. The summed E-state index contributed by atoms with van der Waals surface area (Å²) in [5, 5.41) is 0. The van der Waals surface area contributed by atoms with Crippen LogP contribution in [0.3, 0.4) is 0 Å². The number of fused-ring (bicyclic) bond motifs is 2. The van der Waals surface area contributed by atoms with E-state index in [2.05, 4.69) is 0 Å². The molecule has 0 bridgehead atoms. The van der Waals surface area contributed by atoms with Gasteiger partial charge in [0.05, 0.1) is 37.6 Å². The average Bonchev–Trinajstić information content (AvgIpc) is 3.62. The van der Waals surface area contributed by atoms with Gasteiger partial charge in [0.25, 0.3) is 0 Å². The van der Waals surface area contributed by atoms with Crippen LogP contribution in [0.25, 0.3) is 0 Å². The lowest BCUT2D eigenvalue weighted by atomic mass is 9.86. The normalized spacial score (nSPS) is 36.0. The highest BCUT2D eigenvalue weighted by molar-refractivity contribution is 4.92. The fraction of sp³-hybridized carbons (Fsp3) is 1.00. The van der Waals surface area contributed by atoms with Crippen molar-refractivity contribution >= 4 is 0 Å². The van der Waals surface area contributed by atoms with Crippen molar-refractivity contribution in [1.82, 2.24) is 0 Å². The van der Waals surface area contributed by atoms with Crippen molar-refractivity contribution in [2.75, 3.05) is 39.6 Å². The Labute approximate surface area is 170 Å². The first kappa shape index (κ1) is 21.0. The lowest BCUT2D eigenvalue weighted by Gasteiger charge is -2.18. The van der Waals surface area contributed by atoms with Crippen molar-refractivity contribution in [1.29, 1.82) is 0 Å². The fourth-order valence-electron chi connectivity index (χ4n) is 5.13. The highest BCUT2D eigenvalue weighted by Gasteiger charge is 2.44. The minimum absolute atomic E-state index is 0.606. The minimum Gasteiger partial charge on any atom is -0.381 e. The van der Waals surface area contributed by atoms with Crippen LogP contribution in [-0.2, 0) is 23.7 Å². The molecule has 0 aromatic rings. The number of epoxide rings is 2. The first-order valence-electron chi connectivity index (χ1n) is 11.9. The van der Waals surface area contributed by atoms with Crippen molar-refractivity contribution in [2.45, 2.75) is 95.0 Å². The van der Waals surface area contributed by atoms with Crippen molar-refractivity contribution in [2.24, 2.45) is 11.8 Å². The number of ether oxygens (including phenoxy) is 5. The summed E-state index contributed by atoms with van der Waals surface area (Å²) in [6.45, 7) is 4.76. The van der Waals surface area contributed by atoms with Crippen LogP contribution in [0.1, 0.15) is 70.6 Å².